The van der Waals surface area contributed by atoms with Crippen LogP contribution in [0.25, 0.3) is 0 Å². The van der Waals surface area contributed by atoms with E-state index >= 15 is 0 Å². The topological polar surface area (TPSA) is 64.6 Å². The smallest absolute Gasteiger partial charge is 0.416 e. The van der Waals surface area contributed by atoms with Gasteiger partial charge in [0.15, 0.2) is 0 Å². The molecule has 1 aliphatic rings. The summed E-state index contributed by atoms with van der Waals surface area (Å²) in [5.41, 5.74) is -0.871. The highest BCUT2D eigenvalue weighted by molar-refractivity contribution is 6.09. The second-order valence-corrected chi connectivity index (χ2v) is 3.72. The van der Waals surface area contributed by atoms with Crippen LogP contribution in [-0.2, 0) is 20.5 Å². The first-order chi connectivity index (χ1) is 8.82. The van der Waals surface area contributed by atoms with Gasteiger partial charge in [-0.25, -0.2) is 4.79 Å². The summed E-state index contributed by atoms with van der Waals surface area (Å²) >= 11 is 0. The highest BCUT2D eigenvalue weighted by atomic mass is 19.4. The Morgan fingerprint density at radius 3 is 2.68 bits per heavy atom. The van der Waals surface area contributed by atoms with Gasteiger partial charge in [0.05, 0.1) is 18.4 Å². The fourth-order valence-electron chi connectivity index (χ4n) is 1.54. The molecule has 0 fully saturated rings. The quantitative estimate of drug-likeness (QED) is 0.624. The van der Waals surface area contributed by atoms with Crippen molar-refractivity contribution in [2.75, 3.05) is 12.4 Å². The van der Waals surface area contributed by atoms with Crippen molar-refractivity contribution in [2.45, 2.75) is 12.3 Å². The van der Waals surface area contributed by atoms with Crippen molar-refractivity contribution in [2.24, 2.45) is 0 Å². The van der Waals surface area contributed by atoms with Crippen LogP contribution in [0.1, 0.15) is 5.56 Å². The average molecular weight is 275 g/mol. The molecular weight excluding hydrogens is 267 g/mol. The van der Waals surface area contributed by atoms with Crippen LogP contribution in [0.3, 0.4) is 0 Å². The van der Waals surface area contributed by atoms with Gasteiger partial charge in [0, 0.05) is 0 Å². The van der Waals surface area contributed by atoms with E-state index in [2.05, 4.69) is 10.1 Å². The number of alkyl halides is 3. The van der Waals surface area contributed by atoms with E-state index in [0.29, 0.717) is 6.07 Å². The minimum absolute atomic E-state index is 0.0677. The summed E-state index contributed by atoms with van der Waals surface area (Å²) in [5.74, 6) is -2.01. The average Bonchev–Trinajstić information content (AvgIpc) is 2.35. The molecule has 1 unspecified atom stereocenters. The highest BCUT2D eigenvalue weighted by Gasteiger charge is 2.37. The third-order valence-electron chi connectivity index (χ3n) is 2.47. The minimum Gasteiger partial charge on any atom is -0.466 e. The van der Waals surface area contributed by atoms with Crippen LogP contribution in [0.15, 0.2) is 18.2 Å². The standard InChI is InChI=1S/C11H8F3NO4/c1-18-10(17)8-9(16)15-6-3-2-5(11(12,13)14)4-7(6)19-8/h2-4,8H,1H3,(H,15,16). The van der Waals surface area contributed by atoms with Crippen molar-refractivity contribution in [3.8, 4) is 5.75 Å². The summed E-state index contributed by atoms with van der Waals surface area (Å²) in [6.07, 6.45) is -6.15. The number of carbonyl (C=O) groups is 2. The third kappa shape index (κ3) is 2.47. The number of nitrogens with one attached hydrogen (secondary N) is 1. The number of rotatable bonds is 1. The van der Waals surface area contributed by atoms with Crippen molar-refractivity contribution in [3.63, 3.8) is 0 Å². The fourth-order valence-corrected chi connectivity index (χ4v) is 1.54. The Morgan fingerprint density at radius 1 is 1.42 bits per heavy atom. The van der Waals surface area contributed by atoms with Gasteiger partial charge in [0.1, 0.15) is 5.75 Å². The first-order valence-corrected chi connectivity index (χ1v) is 5.09. The molecule has 1 atom stereocenters. The van der Waals surface area contributed by atoms with Crippen LogP contribution >= 0.6 is 0 Å². The van der Waals surface area contributed by atoms with Crippen LogP contribution in [0.2, 0.25) is 0 Å². The van der Waals surface area contributed by atoms with Crippen LogP contribution in [0.4, 0.5) is 18.9 Å². The molecule has 0 saturated carbocycles. The van der Waals surface area contributed by atoms with E-state index < -0.39 is 29.7 Å². The van der Waals surface area contributed by atoms with Gasteiger partial charge in [-0.05, 0) is 18.2 Å². The predicted octanol–water partition coefficient (Wildman–Crippen LogP) is 1.58. The molecule has 8 heteroatoms. The Balaban J connectivity index is 2.36. The van der Waals surface area contributed by atoms with Crippen molar-refractivity contribution < 1.29 is 32.2 Å². The molecule has 1 aliphatic heterocycles. The van der Waals surface area contributed by atoms with E-state index in [1.165, 1.54) is 0 Å². The van der Waals surface area contributed by atoms with Crippen LogP contribution in [0.5, 0.6) is 5.75 Å². The maximum atomic E-state index is 12.5. The van der Waals surface area contributed by atoms with E-state index in [0.717, 1.165) is 19.2 Å². The van der Waals surface area contributed by atoms with Crippen LogP contribution in [-0.4, -0.2) is 25.1 Å². The van der Waals surface area contributed by atoms with Crippen molar-refractivity contribution in [1.82, 2.24) is 0 Å². The Labute approximate surface area is 105 Å². The molecule has 1 heterocycles. The van der Waals surface area contributed by atoms with Gasteiger partial charge in [0.2, 0.25) is 0 Å². The summed E-state index contributed by atoms with van der Waals surface area (Å²) in [6, 6.07) is 2.58. The molecule has 0 spiro atoms. The molecule has 102 valence electrons. The summed E-state index contributed by atoms with van der Waals surface area (Å²) in [4.78, 5) is 22.7. The maximum Gasteiger partial charge on any atom is 0.416 e. The largest absolute Gasteiger partial charge is 0.466 e. The number of methoxy groups -OCH3 is 1. The van der Waals surface area contributed by atoms with Crippen molar-refractivity contribution >= 4 is 17.6 Å². The lowest BCUT2D eigenvalue weighted by Gasteiger charge is -2.24. The predicted molar refractivity (Wildman–Crippen MR) is 56.5 cm³/mol. The summed E-state index contributed by atoms with van der Waals surface area (Å²) in [7, 11) is 1.04. The molecule has 1 N–H and O–H groups in total. The molecule has 0 bridgehead atoms. The number of fused-ring (bicyclic) bond motifs is 1. The normalized spacial score (nSPS) is 18.1. The van der Waals surface area contributed by atoms with E-state index in [1.807, 2.05) is 0 Å². The molecule has 0 aromatic heterocycles. The highest BCUT2D eigenvalue weighted by Crippen LogP contribution is 2.37. The van der Waals surface area contributed by atoms with Crippen LogP contribution < -0.4 is 10.1 Å². The summed E-state index contributed by atoms with van der Waals surface area (Å²) in [6.45, 7) is 0. The van der Waals surface area contributed by atoms with E-state index in [9.17, 15) is 22.8 Å². The van der Waals surface area contributed by atoms with Gasteiger partial charge in [-0.15, -0.1) is 0 Å². The Bertz CT molecular complexity index is 541. The molecule has 1 aromatic carbocycles. The SMILES string of the molecule is COC(=O)C1Oc2cc(C(F)(F)F)ccc2NC1=O. The Kier molecular flexibility index (Phi) is 3.09. The zero-order valence-electron chi connectivity index (χ0n) is 9.58. The Hall–Kier alpha value is -2.25. The zero-order chi connectivity index (χ0) is 14.2. The third-order valence-corrected chi connectivity index (χ3v) is 2.47. The van der Waals surface area contributed by atoms with Crippen molar-refractivity contribution in [1.29, 1.82) is 0 Å². The maximum absolute atomic E-state index is 12.5. The lowest BCUT2D eigenvalue weighted by molar-refractivity contribution is -0.153. The van der Waals surface area contributed by atoms with Gasteiger partial charge in [-0.3, -0.25) is 4.79 Å². The molecular formula is C11H8F3NO4. The van der Waals surface area contributed by atoms with E-state index in [4.69, 9.17) is 4.74 Å². The van der Waals surface area contributed by atoms with Gasteiger partial charge in [-0.2, -0.15) is 13.2 Å². The van der Waals surface area contributed by atoms with Crippen molar-refractivity contribution in [3.05, 3.63) is 23.8 Å². The monoisotopic (exact) mass is 275 g/mol. The lowest BCUT2D eigenvalue weighted by atomic mass is 10.1. The number of hydrogen-bond donors (Lipinski definition) is 1. The first-order valence-electron chi connectivity index (χ1n) is 5.09. The first kappa shape index (κ1) is 13.2. The number of hydrogen-bond acceptors (Lipinski definition) is 4. The molecule has 19 heavy (non-hydrogen) atoms. The Morgan fingerprint density at radius 2 is 2.11 bits per heavy atom. The number of halogens is 3. The fraction of sp³-hybridized carbons (Fsp3) is 0.273. The summed E-state index contributed by atoms with van der Waals surface area (Å²) < 4.78 is 46.8. The molecule has 5 nitrogen and oxygen atoms in total. The number of benzene rings is 1. The lowest BCUT2D eigenvalue weighted by Crippen LogP contribution is -2.43. The molecule has 0 radical (unpaired) electrons. The molecule has 0 saturated heterocycles. The number of ether oxygens (including phenoxy) is 2. The number of amides is 1. The number of anilines is 1. The zero-order valence-corrected chi connectivity index (χ0v) is 9.58. The number of carbonyl (C=O) groups excluding carboxylic acids is 2. The second-order valence-electron chi connectivity index (χ2n) is 3.72. The molecule has 1 aromatic rings. The van der Waals surface area contributed by atoms with Gasteiger partial charge < -0.3 is 14.8 Å². The summed E-state index contributed by atoms with van der Waals surface area (Å²) in [5, 5.41) is 2.27. The van der Waals surface area contributed by atoms with Gasteiger partial charge >= 0.3 is 12.1 Å². The number of esters is 1. The van der Waals surface area contributed by atoms with E-state index in [-0.39, 0.29) is 11.4 Å². The molecule has 0 aliphatic carbocycles. The minimum atomic E-state index is -4.54. The molecule has 2 rings (SSSR count). The van der Waals surface area contributed by atoms with E-state index in [1.54, 1.807) is 0 Å². The second kappa shape index (κ2) is 4.45. The van der Waals surface area contributed by atoms with Gasteiger partial charge in [0.25, 0.3) is 12.0 Å². The van der Waals surface area contributed by atoms with Crippen LogP contribution in [0, 0.1) is 0 Å². The van der Waals surface area contributed by atoms with Gasteiger partial charge in [-0.1, -0.05) is 0 Å². The molecule has 1 amide bonds.